The van der Waals surface area contributed by atoms with Gasteiger partial charge in [0.1, 0.15) is 11.6 Å². The van der Waals surface area contributed by atoms with Gasteiger partial charge in [-0.3, -0.25) is 4.98 Å². The van der Waals surface area contributed by atoms with Crippen molar-refractivity contribution in [3.63, 3.8) is 0 Å². The normalized spacial score (nSPS) is 20.6. The van der Waals surface area contributed by atoms with Gasteiger partial charge >= 0.3 is 0 Å². The van der Waals surface area contributed by atoms with Crippen molar-refractivity contribution in [1.82, 2.24) is 20.3 Å². The Morgan fingerprint density at radius 2 is 2.29 bits per heavy atom. The number of nitrogen functional groups attached to an aromatic ring is 1. The molecule has 0 bridgehead atoms. The van der Waals surface area contributed by atoms with Crippen LogP contribution < -0.4 is 11.1 Å². The van der Waals surface area contributed by atoms with Gasteiger partial charge in [-0.25, -0.2) is 9.97 Å². The Morgan fingerprint density at radius 3 is 3.12 bits per heavy atom. The minimum absolute atomic E-state index is 0.378. The summed E-state index contributed by atoms with van der Waals surface area (Å²) in [5.74, 6) is 1.76. The maximum absolute atomic E-state index is 5.95. The zero-order valence-corrected chi connectivity index (χ0v) is 9.56. The number of nitrogens with one attached hydrogen (secondary N) is 1. The van der Waals surface area contributed by atoms with Crippen molar-refractivity contribution in [1.29, 1.82) is 0 Å². The van der Waals surface area contributed by atoms with Gasteiger partial charge in [0, 0.05) is 24.9 Å². The van der Waals surface area contributed by atoms with Crippen molar-refractivity contribution in [3.05, 3.63) is 24.3 Å². The van der Waals surface area contributed by atoms with E-state index in [9.17, 15) is 0 Å². The fraction of sp³-hybridized carbons (Fsp3) is 0.417. The Bertz CT molecular complexity index is 533. The van der Waals surface area contributed by atoms with E-state index in [2.05, 4.69) is 20.3 Å². The van der Waals surface area contributed by atoms with Crippen LogP contribution in [0.2, 0.25) is 0 Å². The number of nitrogens with two attached hydrogens (primary N) is 1. The molecule has 1 fully saturated rings. The molecule has 2 aromatic rings. The summed E-state index contributed by atoms with van der Waals surface area (Å²) in [6.45, 7) is 2.03. The summed E-state index contributed by atoms with van der Waals surface area (Å²) < 4.78 is 0. The van der Waals surface area contributed by atoms with E-state index in [0.29, 0.717) is 11.7 Å². The van der Waals surface area contributed by atoms with Crippen molar-refractivity contribution in [2.45, 2.75) is 18.8 Å². The predicted molar refractivity (Wildman–Crippen MR) is 66.6 cm³/mol. The molecule has 0 amide bonds. The molecule has 0 aliphatic carbocycles. The summed E-state index contributed by atoms with van der Waals surface area (Å²) in [6, 6.07) is 1.88. The third-order valence-corrected chi connectivity index (χ3v) is 3.21. The maximum atomic E-state index is 5.95. The number of anilines is 1. The molecule has 0 saturated carbocycles. The Labute approximate surface area is 99.5 Å². The number of aromatic nitrogens is 3. The van der Waals surface area contributed by atoms with Crippen molar-refractivity contribution >= 4 is 16.7 Å². The van der Waals surface area contributed by atoms with E-state index in [4.69, 9.17) is 5.73 Å². The Morgan fingerprint density at radius 1 is 1.35 bits per heavy atom. The number of pyridine rings is 1. The molecule has 5 heteroatoms. The van der Waals surface area contributed by atoms with Crippen LogP contribution in [0.1, 0.15) is 24.6 Å². The molecule has 5 nitrogen and oxygen atoms in total. The molecule has 17 heavy (non-hydrogen) atoms. The van der Waals surface area contributed by atoms with Crippen LogP contribution >= 0.6 is 0 Å². The van der Waals surface area contributed by atoms with Crippen LogP contribution in [0.25, 0.3) is 10.9 Å². The minimum Gasteiger partial charge on any atom is -0.383 e. The molecular weight excluding hydrogens is 214 g/mol. The Balaban J connectivity index is 2.05. The second kappa shape index (κ2) is 4.25. The highest BCUT2D eigenvalue weighted by molar-refractivity contribution is 5.86. The van der Waals surface area contributed by atoms with E-state index in [-0.39, 0.29) is 0 Å². The molecule has 1 aliphatic heterocycles. The van der Waals surface area contributed by atoms with Crippen LogP contribution in [-0.2, 0) is 0 Å². The van der Waals surface area contributed by atoms with Gasteiger partial charge < -0.3 is 11.1 Å². The highest BCUT2D eigenvalue weighted by Crippen LogP contribution is 2.24. The number of nitrogens with zero attached hydrogens (tertiary/aromatic N) is 3. The highest BCUT2D eigenvalue weighted by Gasteiger charge is 2.19. The first-order valence-electron chi connectivity index (χ1n) is 5.92. The standard InChI is InChI=1S/C12H15N5/c13-11-9-7-15-5-3-10(9)16-12(17-11)8-2-1-4-14-6-8/h3,5,7-8,14H,1-2,4,6H2,(H2,13,16,17)/t8-/m0/s1. The molecule has 3 N–H and O–H groups in total. The molecule has 0 unspecified atom stereocenters. The van der Waals surface area contributed by atoms with Crippen molar-refractivity contribution in [2.75, 3.05) is 18.8 Å². The van der Waals surface area contributed by atoms with Crippen LogP contribution in [0.15, 0.2) is 18.5 Å². The van der Waals surface area contributed by atoms with Crippen molar-refractivity contribution < 1.29 is 0 Å². The van der Waals surface area contributed by atoms with E-state index in [0.717, 1.165) is 36.2 Å². The molecule has 0 spiro atoms. The molecule has 1 aliphatic rings. The van der Waals surface area contributed by atoms with E-state index < -0.39 is 0 Å². The summed E-state index contributed by atoms with van der Waals surface area (Å²) >= 11 is 0. The summed E-state index contributed by atoms with van der Waals surface area (Å²) in [5.41, 5.74) is 6.83. The van der Waals surface area contributed by atoms with Crippen LogP contribution in [-0.4, -0.2) is 28.0 Å². The molecule has 88 valence electrons. The first-order chi connectivity index (χ1) is 8.34. The molecule has 1 saturated heterocycles. The summed E-state index contributed by atoms with van der Waals surface area (Å²) in [4.78, 5) is 13.0. The van der Waals surface area contributed by atoms with Crippen LogP contribution in [0.4, 0.5) is 5.82 Å². The van der Waals surface area contributed by atoms with Crippen LogP contribution in [0, 0.1) is 0 Å². The predicted octanol–water partition coefficient (Wildman–Crippen LogP) is 1.07. The molecule has 3 rings (SSSR count). The summed E-state index contributed by atoms with van der Waals surface area (Å²) in [6.07, 6.45) is 5.75. The molecule has 3 heterocycles. The lowest BCUT2D eigenvalue weighted by Gasteiger charge is -2.21. The van der Waals surface area contributed by atoms with Gasteiger partial charge in [-0.2, -0.15) is 0 Å². The van der Waals surface area contributed by atoms with Gasteiger partial charge in [0.25, 0.3) is 0 Å². The first-order valence-corrected chi connectivity index (χ1v) is 5.92. The van der Waals surface area contributed by atoms with Crippen molar-refractivity contribution in [2.24, 2.45) is 0 Å². The third-order valence-electron chi connectivity index (χ3n) is 3.21. The van der Waals surface area contributed by atoms with E-state index in [1.165, 1.54) is 6.42 Å². The fourth-order valence-corrected chi connectivity index (χ4v) is 2.27. The number of rotatable bonds is 1. The molecule has 0 aromatic carbocycles. The number of fused-ring (bicyclic) bond motifs is 1. The monoisotopic (exact) mass is 229 g/mol. The Kier molecular flexibility index (Phi) is 2.60. The lowest BCUT2D eigenvalue weighted by molar-refractivity contribution is 0.448. The smallest absolute Gasteiger partial charge is 0.136 e. The van der Waals surface area contributed by atoms with Gasteiger partial charge in [0.15, 0.2) is 0 Å². The largest absolute Gasteiger partial charge is 0.383 e. The lowest BCUT2D eigenvalue weighted by Crippen LogP contribution is -2.29. The van der Waals surface area contributed by atoms with Crippen LogP contribution in [0.5, 0.6) is 0 Å². The Hall–Kier alpha value is -1.75. The summed E-state index contributed by atoms with van der Waals surface area (Å²) in [5, 5.41) is 4.20. The topological polar surface area (TPSA) is 76.7 Å². The van der Waals surface area contributed by atoms with Gasteiger partial charge in [-0.1, -0.05) is 0 Å². The van der Waals surface area contributed by atoms with E-state index in [1.54, 1.807) is 12.4 Å². The summed E-state index contributed by atoms with van der Waals surface area (Å²) in [7, 11) is 0. The second-order valence-corrected chi connectivity index (χ2v) is 4.40. The highest BCUT2D eigenvalue weighted by atomic mass is 15.0. The minimum atomic E-state index is 0.378. The fourth-order valence-electron chi connectivity index (χ4n) is 2.27. The second-order valence-electron chi connectivity index (χ2n) is 4.40. The van der Waals surface area contributed by atoms with E-state index in [1.807, 2.05) is 6.07 Å². The average molecular weight is 229 g/mol. The molecule has 2 aromatic heterocycles. The number of hydrogen-bond donors (Lipinski definition) is 2. The maximum Gasteiger partial charge on any atom is 0.136 e. The van der Waals surface area contributed by atoms with Gasteiger partial charge in [-0.15, -0.1) is 0 Å². The van der Waals surface area contributed by atoms with Crippen molar-refractivity contribution in [3.8, 4) is 0 Å². The van der Waals surface area contributed by atoms with Crippen LogP contribution in [0.3, 0.4) is 0 Å². The van der Waals surface area contributed by atoms with E-state index >= 15 is 0 Å². The third kappa shape index (κ3) is 1.93. The quantitative estimate of drug-likeness (QED) is 0.765. The number of piperidine rings is 1. The zero-order chi connectivity index (χ0) is 11.7. The van der Waals surface area contributed by atoms with Gasteiger partial charge in [0.05, 0.1) is 10.9 Å². The zero-order valence-electron chi connectivity index (χ0n) is 9.56. The molecular formula is C12H15N5. The lowest BCUT2D eigenvalue weighted by atomic mass is 9.99. The average Bonchev–Trinajstić information content (AvgIpc) is 2.40. The number of hydrogen-bond acceptors (Lipinski definition) is 5. The SMILES string of the molecule is Nc1nc([C@H]2CCCNC2)nc2ccncc12. The first kappa shape index (κ1) is 10.4. The van der Waals surface area contributed by atoms with Gasteiger partial charge in [-0.05, 0) is 25.5 Å². The van der Waals surface area contributed by atoms with Gasteiger partial charge in [0.2, 0.25) is 0 Å². The molecule has 1 atom stereocenters. The molecule has 0 radical (unpaired) electrons.